The van der Waals surface area contributed by atoms with Crippen LogP contribution in [0.15, 0.2) is 54.0 Å². The van der Waals surface area contributed by atoms with Gasteiger partial charge in [0.2, 0.25) is 0 Å². The first kappa shape index (κ1) is 21.2. The van der Waals surface area contributed by atoms with E-state index in [4.69, 9.17) is 27.9 Å². The van der Waals surface area contributed by atoms with Crippen LogP contribution in [0.3, 0.4) is 0 Å². The molecule has 0 bridgehead atoms. The van der Waals surface area contributed by atoms with Gasteiger partial charge >= 0.3 is 5.97 Å². The molecule has 2 heterocycles. The smallest absolute Gasteiger partial charge is 0.359 e. The van der Waals surface area contributed by atoms with Crippen molar-refractivity contribution in [3.63, 3.8) is 0 Å². The molecule has 0 saturated carbocycles. The molecule has 1 amide bonds. The average molecular weight is 473 g/mol. The Labute approximate surface area is 191 Å². The number of nitrogens with one attached hydrogen (secondary N) is 1. The van der Waals surface area contributed by atoms with E-state index < -0.39 is 18.0 Å². The third-order valence-electron chi connectivity index (χ3n) is 4.25. The number of aromatic nitrogens is 3. The standard InChI is InChI=1S/C21H14Cl2N4O3S/c1-11(30-20(29)17-9-24-15-4-2-3-5-16(15)25-17)19(28)27-21-26-18(10-31-21)13-7-6-12(22)8-14(13)23/h2-11H,1H3,(H,26,27,28). The number of anilines is 1. The first-order valence-electron chi connectivity index (χ1n) is 9.05. The van der Waals surface area contributed by atoms with Crippen molar-refractivity contribution in [2.24, 2.45) is 0 Å². The fourth-order valence-electron chi connectivity index (χ4n) is 2.69. The van der Waals surface area contributed by atoms with E-state index in [2.05, 4.69) is 20.3 Å². The molecule has 0 aliphatic carbocycles. The molecule has 4 aromatic rings. The Kier molecular flexibility index (Phi) is 6.13. The molecule has 2 aromatic carbocycles. The first-order chi connectivity index (χ1) is 14.9. The number of hydrogen-bond acceptors (Lipinski definition) is 7. The zero-order valence-electron chi connectivity index (χ0n) is 16.0. The predicted molar refractivity (Wildman–Crippen MR) is 121 cm³/mol. The minimum absolute atomic E-state index is 0.0206. The molecule has 10 heteroatoms. The first-order valence-corrected chi connectivity index (χ1v) is 10.7. The van der Waals surface area contributed by atoms with Gasteiger partial charge in [0.1, 0.15) is 0 Å². The van der Waals surface area contributed by atoms with E-state index in [-0.39, 0.29) is 5.69 Å². The summed E-state index contributed by atoms with van der Waals surface area (Å²) in [5.74, 6) is -1.26. The van der Waals surface area contributed by atoms with Gasteiger partial charge < -0.3 is 4.74 Å². The predicted octanol–water partition coefficient (Wildman–Crippen LogP) is 5.24. The van der Waals surface area contributed by atoms with Gasteiger partial charge in [-0.2, -0.15) is 0 Å². The highest BCUT2D eigenvalue weighted by Gasteiger charge is 2.21. The van der Waals surface area contributed by atoms with Gasteiger partial charge in [-0.15, -0.1) is 11.3 Å². The van der Waals surface area contributed by atoms with Crippen LogP contribution in [0.5, 0.6) is 0 Å². The van der Waals surface area contributed by atoms with Crippen molar-refractivity contribution < 1.29 is 14.3 Å². The summed E-state index contributed by atoms with van der Waals surface area (Å²) in [7, 11) is 0. The highest BCUT2D eigenvalue weighted by Crippen LogP contribution is 2.32. The molecule has 0 aliphatic heterocycles. The van der Waals surface area contributed by atoms with Gasteiger partial charge in [-0.3, -0.25) is 15.1 Å². The number of fused-ring (bicyclic) bond motifs is 1. The van der Waals surface area contributed by atoms with E-state index in [1.807, 2.05) is 6.07 Å². The van der Waals surface area contributed by atoms with E-state index in [1.165, 1.54) is 24.5 Å². The second kappa shape index (κ2) is 8.97. The maximum atomic E-state index is 12.4. The van der Waals surface area contributed by atoms with E-state index in [1.54, 1.807) is 41.8 Å². The molecule has 1 atom stereocenters. The highest BCUT2D eigenvalue weighted by atomic mass is 35.5. The minimum atomic E-state index is -1.06. The number of nitrogens with zero attached hydrogens (tertiary/aromatic N) is 3. The van der Waals surface area contributed by atoms with Crippen molar-refractivity contribution in [2.75, 3.05) is 5.32 Å². The summed E-state index contributed by atoms with van der Waals surface area (Å²) in [6.45, 7) is 1.46. The fraction of sp³-hybridized carbons (Fsp3) is 0.0952. The van der Waals surface area contributed by atoms with Gasteiger partial charge in [-0.25, -0.2) is 14.8 Å². The third kappa shape index (κ3) is 4.82. The van der Waals surface area contributed by atoms with Crippen LogP contribution in [0.25, 0.3) is 22.3 Å². The third-order valence-corrected chi connectivity index (χ3v) is 5.56. The van der Waals surface area contributed by atoms with Crippen LogP contribution in [0.4, 0.5) is 5.13 Å². The Morgan fingerprint density at radius 2 is 1.87 bits per heavy atom. The molecule has 0 saturated heterocycles. The monoisotopic (exact) mass is 472 g/mol. The number of carbonyl (C=O) groups is 2. The van der Waals surface area contributed by atoms with Gasteiger partial charge in [0.05, 0.1) is 27.9 Å². The number of hydrogen-bond donors (Lipinski definition) is 1. The molecule has 0 fully saturated rings. The number of esters is 1. The molecular weight excluding hydrogens is 459 g/mol. The van der Waals surface area contributed by atoms with Crippen LogP contribution in [-0.2, 0) is 9.53 Å². The summed E-state index contributed by atoms with van der Waals surface area (Å²) in [6, 6.07) is 12.2. The molecule has 0 aliphatic rings. The number of halogens is 2. The van der Waals surface area contributed by atoms with Crippen molar-refractivity contribution in [1.29, 1.82) is 0 Å². The Morgan fingerprint density at radius 1 is 1.10 bits per heavy atom. The number of ether oxygens (including phenoxy) is 1. The number of rotatable bonds is 5. The van der Waals surface area contributed by atoms with Crippen LogP contribution in [0, 0.1) is 0 Å². The van der Waals surface area contributed by atoms with Gasteiger partial charge in [0, 0.05) is 16.0 Å². The van der Waals surface area contributed by atoms with E-state index in [9.17, 15) is 9.59 Å². The lowest BCUT2D eigenvalue weighted by Crippen LogP contribution is -2.30. The molecule has 7 nitrogen and oxygen atoms in total. The van der Waals surface area contributed by atoms with Crippen LogP contribution in [0.2, 0.25) is 10.0 Å². The normalized spacial score (nSPS) is 11.8. The second-order valence-corrected chi connectivity index (χ2v) is 8.14. The second-order valence-electron chi connectivity index (χ2n) is 6.44. The molecule has 0 spiro atoms. The van der Waals surface area contributed by atoms with Gasteiger partial charge in [-0.05, 0) is 37.3 Å². The number of thiazole rings is 1. The van der Waals surface area contributed by atoms with Crippen LogP contribution in [-0.4, -0.2) is 32.9 Å². The number of carbonyl (C=O) groups excluding carboxylic acids is 2. The van der Waals surface area contributed by atoms with Crippen molar-refractivity contribution in [3.05, 3.63) is 69.8 Å². The van der Waals surface area contributed by atoms with E-state index in [0.29, 0.717) is 37.5 Å². The molecule has 4 rings (SSSR count). The average Bonchev–Trinajstić information content (AvgIpc) is 3.21. The van der Waals surface area contributed by atoms with E-state index in [0.717, 1.165) is 0 Å². The molecule has 1 N–H and O–H groups in total. The Balaban J connectivity index is 1.41. The largest absolute Gasteiger partial charge is 0.448 e. The lowest BCUT2D eigenvalue weighted by Gasteiger charge is -2.12. The summed E-state index contributed by atoms with van der Waals surface area (Å²) < 4.78 is 5.23. The van der Waals surface area contributed by atoms with Gasteiger partial charge in [0.25, 0.3) is 5.91 Å². The summed E-state index contributed by atoms with van der Waals surface area (Å²) >= 11 is 13.3. The summed E-state index contributed by atoms with van der Waals surface area (Å²) in [6.07, 6.45) is 0.255. The Hall–Kier alpha value is -3.07. The maximum absolute atomic E-state index is 12.4. The van der Waals surface area contributed by atoms with Crippen LogP contribution < -0.4 is 5.32 Å². The van der Waals surface area contributed by atoms with E-state index >= 15 is 0 Å². The minimum Gasteiger partial charge on any atom is -0.448 e. The lowest BCUT2D eigenvalue weighted by atomic mass is 10.2. The summed E-state index contributed by atoms with van der Waals surface area (Å²) in [5, 5.41) is 5.71. The number of benzene rings is 2. The molecule has 0 radical (unpaired) electrons. The number of amides is 1. The zero-order chi connectivity index (χ0) is 22.0. The van der Waals surface area contributed by atoms with Crippen LogP contribution >= 0.6 is 34.5 Å². The Morgan fingerprint density at radius 3 is 2.65 bits per heavy atom. The quantitative estimate of drug-likeness (QED) is 0.398. The van der Waals surface area contributed by atoms with Crippen LogP contribution in [0.1, 0.15) is 17.4 Å². The summed E-state index contributed by atoms with van der Waals surface area (Å²) in [4.78, 5) is 37.6. The van der Waals surface area contributed by atoms with Gasteiger partial charge in [0.15, 0.2) is 16.9 Å². The topological polar surface area (TPSA) is 94.1 Å². The summed E-state index contributed by atoms with van der Waals surface area (Å²) in [5.41, 5.74) is 2.53. The van der Waals surface area contributed by atoms with Crippen molar-refractivity contribution in [3.8, 4) is 11.3 Å². The van der Waals surface area contributed by atoms with Crippen molar-refractivity contribution in [2.45, 2.75) is 13.0 Å². The van der Waals surface area contributed by atoms with Gasteiger partial charge in [-0.1, -0.05) is 35.3 Å². The zero-order valence-corrected chi connectivity index (χ0v) is 18.3. The molecule has 1 unspecified atom stereocenters. The molecule has 156 valence electrons. The number of para-hydroxylation sites is 2. The Bertz CT molecular complexity index is 1290. The molecule has 2 aromatic heterocycles. The highest BCUT2D eigenvalue weighted by molar-refractivity contribution is 7.14. The SMILES string of the molecule is CC(OC(=O)c1cnc2ccccc2n1)C(=O)Nc1nc(-c2ccc(Cl)cc2Cl)cs1. The fourth-order valence-corrected chi connectivity index (χ4v) is 3.91. The lowest BCUT2D eigenvalue weighted by molar-refractivity contribution is -0.123. The molecule has 31 heavy (non-hydrogen) atoms. The molecular formula is C21H14Cl2N4O3S. The maximum Gasteiger partial charge on any atom is 0.359 e. The van der Waals surface area contributed by atoms with Crippen molar-refractivity contribution >= 4 is 62.6 Å². The van der Waals surface area contributed by atoms with Crippen molar-refractivity contribution in [1.82, 2.24) is 15.0 Å².